The Balaban J connectivity index is 0.00000364. The summed E-state index contributed by atoms with van der Waals surface area (Å²) in [6, 6.07) is 3.80. The van der Waals surface area contributed by atoms with Gasteiger partial charge in [0, 0.05) is 32.4 Å². The van der Waals surface area contributed by atoms with Crippen LogP contribution in [-0.2, 0) is 17.8 Å². The van der Waals surface area contributed by atoms with E-state index in [0.29, 0.717) is 25.0 Å². The number of nitrogens with zero attached hydrogens (tertiary/aromatic N) is 3. The van der Waals surface area contributed by atoms with Crippen LogP contribution < -0.4 is 10.6 Å². The normalized spacial score (nSPS) is 11.2. The van der Waals surface area contributed by atoms with Gasteiger partial charge in [0.1, 0.15) is 17.3 Å². The number of aliphatic imine (C=N–C) groups is 1. The first-order valence-corrected chi connectivity index (χ1v) is 9.52. The number of hydrogen-bond donors (Lipinski definition) is 2. The highest BCUT2D eigenvalue weighted by Gasteiger charge is 2.08. The average Bonchev–Trinajstić information content (AvgIpc) is 3.28. The Morgan fingerprint density at radius 3 is 2.74 bits per heavy atom. The molecule has 0 spiro atoms. The molecule has 7 nitrogen and oxygen atoms in total. The minimum Gasteiger partial charge on any atom is -0.469 e. The first kappa shape index (κ1) is 23.4. The molecule has 0 saturated heterocycles. The number of aromatic nitrogens is 1. The molecule has 0 aliphatic carbocycles. The van der Waals surface area contributed by atoms with Gasteiger partial charge in [0.15, 0.2) is 5.96 Å². The molecule has 27 heavy (non-hydrogen) atoms. The van der Waals surface area contributed by atoms with Crippen molar-refractivity contribution in [3.63, 3.8) is 0 Å². The van der Waals surface area contributed by atoms with E-state index in [0.717, 1.165) is 22.9 Å². The van der Waals surface area contributed by atoms with Crippen molar-refractivity contribution in [1.82, 2.24) is 20.5 Å². The SMILES string of the molecule is CC(C)c1csc(CNC(=NCC(=O)N(C)C)NCCc2ccco2)n1.I. The van der Waals surface area contributed by atoms with Gasteiger partial charge in [-0.15, -0.1) is 35.3 Å². The van der Waals surface area contributed by atoms with Crippen LogP contribution >= 0.6 is 35.3 Å². The zero-order chi connectivity index (χ0) is 18.9. The molecule has 1 amide bonds. The second-order valence-electron chi connectivity index (χ2n) is 6.38. The van der Waals surface area contributed by atoms with Crippen LogP contribution in [0.3, 0.4) is 0 Å². The second kappa shape index (κ2) is 12.0. The largest absolute Gasteiger partial charge is 0.469 e. The Morgan fingerprint density at radius 2 is 2.15 bits per heavy atom. The van der Waals surface area contributed by atoms with Gasteiger partial charge < -0.3 is 20.0 Å². The third-order valence-electron chi connectivity index (χ3n) is 3.68. The molecule has 2 aromatic heterocycles. The highest BCUT2D eigenvalue weighted by molar-refractivity contribution is 14.0. The number of rotatable bonds is 8. The zero-order valence-electron chi connectivity index (χ0n) is 16.2. The summed E-state index contributed by atoms with van der Waals surface area (Å²) in [4.78, 5) is 22.3. The van der Waals surface area contributed by atoms with Gasteiger partial charge >= 0.3 is 0 Å². The predicted molar refractivity (Wildman–Crippen MR) is 120 cm³/mol. The minimum atomic E-state index is -0.0477. The first-order valence-electron chi connectivity index (χ1n) is 8.64. The van der Waals surface area contributed by atoms with Gasteiger partial charge in [-0.1, -0.05) is 13.8 Å². The molecule has 0 fully saturated rings. The van der Waals surface area contributed by atoms with E-state index in [4.69, 9.17) is 4.42 Å². The summed E-state index contributed by atoms with van der Waals surface area (Å²) in [5.41, 5.74) is 1.10. The van der Waals surface area contributed by atoms with Crippen molar-refractivity contribution in [2.45, 2.75) is 32.7 Å². The van der Waals surface area contributed by atoms with Crippen LogP contribution in [0, 0.1) is 0 Å². The Labute approximate surface area is 181 Å². The molecule has 0 saturated carbocycles. The fraction of sp³-hybridized carbons (Fsp3) is 0.500. The summed E-state index contributed by atoms with van der Waals surface area (Å²) >= 11 is 1.62. The number of hydrogen-bond acceptors (Lipinski definition) is 5. The van der Waals surface area contributed by atoms with Crippen molar-refractivity contribution < 1.29 is 9.21 Å². The fourth-order valence-corrected chi connectivity index (χ4v) is 2.95. The van der Waals surface area contributed by atoms with Crippen LogP contribution in [0.2, 0.25) is 0 Å². The van der Waals surface area contributed by atoms with Gasteiger partial charge in [0.2, 0.25) is 5.91 Å². The molecule has 2 aromatic rings. The predicted octanol–water partition coefficient (Wildman–Crippen LogP) is 2.84. The summed E-state index contributed by atoms with van der Waals surface area (Å²) < 4.78 is 5.33. The zero-order valence-corrected chi connectivity index (χ0v) is 19.3. The Hall–Kier alpha value is -1.62. The van der Waals surface area contributed by atoms with Crippen LogP contribution in [0.4, 0.5) is 0 Å². The van der Waals surface area contributed by atoms with Crippen molar-refractivity contribution in [3.05, 3.63) is 40.2 Å². The number of carbonyl (C=O) groups is 1. The topological polar surface area (TPSA) is 82.8 Å². The number of nitrogens with one attached hydrogen (secondary N) is 2. The maximum absolute atomic E-state index is 11.8. The molecule has 0 radical (unpaired) electrons. The molecule has 2 rings (SSSR count). The van der Waals surface area contributed by atoms with Gasteiger partial charge in [-0.3, -0.25) is 4.79 Å². The molecule has 0 unspecified atom stereocenters. The van der Waals surface area contributed by atoms with Gasteiger partial charge in [0.25, 0.3) is 0 Å². The molecule has 2 N–H and O–H groups in total. The van der Waals surface area contributed by atoms with E-state index >= 15 is 0 Å². The van der Waals surface area contributed by atoms with E-state index in [1.54, 1.807) is 31.7 Å². The van der Waals surface area contributed by atoms with Crippen LogP contribution in [0.5, 0.6) is 0 Å². The molecule has 0 aromatic carbocycles. The smallest absolute Gasteiger partial charge is 0.243 e. The van der Waals surface area contributed by atoms with Crippen molar-refractivity contribution in [3.8, 4) is 0 Å². The van der Waals surface area contributed by atoms with E-state index in [1.807, 2.05) is 12.1 Å². The summed E-state index contributed by atoms with van der Waals surface area (Å²) in [5, 5.41) is 9.56. The first-order chi connectivity index (χ1) is 12.5. The van der Waals surface area contributed by atoms with E-state index in [1.165, 1.54) is 4.90 Å². The summed E-state index contributed by atoms with van der Waals surface area (Å²) in [5.74, 6) is 1.86. The van der Waals surface area contributed by atoms with E-state index in [9.17, 15) is 4.79 Å². The quantitative estimate of drug-likeness (QED) is 0.328. The van der Waals surface area contributed by atoms with Crippen molar-refractivity contribution in [1.29, 1.82) is 0 Å². The van der Waals surface area contributed by atoms with Gasteiger partial charge in [-0.05, 0) is 18.1 Å². The van der Waals surface area contributed by atoms with Gasteiger partial charge in [-0.2, -0.15) is 0 Å². The standard InChI is InChI=1S/C18H27N5O2S.HI/c1-13(2)15-12-26-16(22-15)10-20-18(21-11-17(24)23(3)4)19-8-7-14-6-5-9-25-14;/h5-6,9,12-13H,7-8,10-11H2,1-4H3,(H2,19,20,21);1H. The molecular formula is C18H28IN5O2S. The summed E-state index contributed by atoms with van der Waals surface area (Å²) in [6.07, 6.45) is 2.40. The van der Waals surface area contributed by atoms with E-state index in [2.05, 4.69) is 39.8 Å². The number of halogens is 1. The lowest BCUT2D eigenvalue weighted by molar-refractivity contribution is -0.127. The van der Waals surface area contributed by atoms with Crippen LogP contribution in [0.1, 0.15) is 36.2 Å². The second-order valence-corrected chi connectivity index (χ2v) is 7.33. The highest BCUT2D eigenvalue weighted by Crippen LogP contribution is 2.17. The lowest BCUT2D eigenvalue weighted by atomic mass is 10.2. The molecule has 0 aliphatic heterocycles. The van der Waals surface area contributed by atoms with Crippen molar-refractivity contribution in [2.24, 2.45) is 4.99 Å². The molecule has 150 valence electrons. The Kier molecular flexibility index (Phi) is 10.4. The number of guanidine groups is 1. The number of amides is 1. The highest BCUT2D eigenvalue weighted by atomic mass is 127. The molecule has 0 bridgehead atoms. The molecule has 9 heteroatoms. The van der Waals surface area contributed by atoms with Crippen LogP contribution in [0.15, 0.2) is 33.2 Å². The molecule has 2 heterocycles. The maximum atomic E-state index is 11.8. The summed E-state index contributed by atoms with van der Waals surface area (Å²) in [7, 11) is 3.44. The minimum absolute atomic E-state index is 0. The maximum Gasteiger partial charge on any atom is 0.243 e. The molecule has 0 aliphatic rings. The number of furan rings is 1. The third-order valence-corrected chi connectivity index (χ3v) is 4.55. The number of carbonyl (C=O) groups excluding carboxylic acids is 1. The molecular weight excluding hydrogens is 477 g/mol. The molecule has 0 atom stereocenters. The average molecular weight is 505 g/mol. The third kappa shape index (κ3) is 8.29. The lowest BCUT2D eigenvalue weighted by Gasteiger charge is -2.13. The van der Waals surface area contributed by atoms with E-state index < -0.39 is 0 Å². The van der Waals surface area contributed by atoms with Gasteiger partial charge in [-0.25, -0.2) is 9.98 Å². The van der Waals surface area contributed by atoms with E-state index in [-0.39, 0.29) is 36.4 Å². The van der Waals surface area contributed by atoms with Crippen molar-refractivity contribution in [2.75, 3.05) is 27.2 Å². The fourth-order valence-electron chi connectivity index (χ4n) is 2.05. The van der Waals surface area contributed by atoms with Crippen LogP contribution in [-0.4, -0.2) is 48.9 Å². The monoisotopic (exact) mass is 505 g/mol. The Morgan fingerprint density at radius 1 is 1.37 bits per heavy atom. The number of thiazole rings is 1. The summed E-state index contributed by atoms with van der Waals surface area (Å²) in [6.45, 7) is 5.58. The number of likely N-dealkylation sites (N-methyl/N-ethyl adjacent to an activating group) is 1. The lowest BCUT2D eigenvalue weighted by Crippen LogP contribution is -2.39. The Bertz CT molecular complexity index is 713. The van der Waals surface area contributed by atoms with Gasteiger partial charge in [0.05, 0.1) is 18.5 Å². The van der Waals surface area contributed by atoms with Crippen LogP contribution in [0.25, 0.3) is 0 Å². The van der Waals surface area contributed by atoms with Crippen molar-refractivity contribution >= 4 is 47.2 Å².